The third kappa shape index (κ3) is 4.03. The number of esters is 1. The Hall–Kier alpha value is -1.04. The van der Waals surface area contributed by atoms with Crippen molar-refractivity contribution < 1.29 is 14.3 Å². The van der Waals surface area contributed by atoms with Gasteiger partial charge in [0.25, 0.3) is 0 Å². The Kier molecular flexibility index (Phi) is 5.47. The number of rotatable bonds is 5. The lowest BCUT2D eigenvalue weighted by Gasteiger charge is -2.08. The predicted octanol–water partition coefficient (Wildman–Crippen LogP) is 1.27. The van der Waals surface area contributed by atoms with Gasteiger partial charge < -0.3 is 10.5 Å². The third-order valence-electron chi connectivity index (χ3n) is 2.02. The fourth-order valence-electron chi connectivity index (χ4n) is 1.05. The van der Waals surface area contributed by atoms with Crippen LogP contribution >= 0.6 is 24.2 Å². The number of ether oxygens (including phenoxy) is 1. The third-order valence-corrected chi connectivity index (χ3v) is 2.65. The molecule has 17 heavy (non-hydrogen) atoms. The second kappa shape index (κ2) is 6.64. The monoisotopic (exact) mass is 273 g/mol. The normalized spacial score (nSPS) is 11.9. The van der Waals surface area contributed by atoms with E-state index in [2.05, 4.69) is 12.6 Å². The van der Waals surface area contributed by atoms with E-state index in [1.54, 1.807) is 12.1 Å². The quantitative estimate of drug-likeness (QED) is 0.279. The minimum Gasteiger partial charge on any atom is -0.425 e. The van der Waals surface area contributed by atoms with Crippen molar-refractivity contribution in [3.8, 4) is 5.75 Å². The Morgan fingerprint density at radius 2 is 1.94 bits per heavy atom. The molecule has 1 rings (SSSR count). The van der Waals surface area contributed by atoms with Gasteiger partial charge in [-0.2, -0.15) is 12.6 Å². The first-order chi connectivity index (χ1) is 8.08. The lowest BCUT2D eigenvalue weighted by atomic mass is 10.1. The summed E-state index contributed by atoms with van der Waals surface area (Å²) in [6.07, 6.45) is 0. The average Bonchev–Trinajstić information content (AvgIpc) is 2.37. The number of nitrogens with two attached hydrogens (primary N) is 1. The maximum atomic E-state index is 11.3. The first-order valence-electron chi connectivity index (χ1n) is 4.86. The first-order valence-corrected chi connectivity index (χ1v) is 6.02. The highest BCUT2D eigenvalue weighted by Gasteiger charge is 2.14. The highest BCUT2D eigenvalue weighted by Crippen LogP contribution is 2.13. The van der Waals surface area contributed by atoms with E-state index in [4.69, 9.17) is 22.1 Å². The second-order valence-electron chi connectivity index (χ2n) is 3.29. The maximum absolute atomic E-state index is 11.3. The van der Waals surface area contributed by atoms with E-state index < -0.39 is 12.0 Å². The van der Waals surface area contributed by atoms with E-state index >= 15 is 0 Å². The Bertz CT molecular complexity index is 408. The van der Waals surface area contributed by atoms with Gasteiger partial charge in [0, 0.05) is 11.3 Å². The molecule has 1 atom stereocenters. The number of carbonyl (C=O) groups excluding carboxylic acids is 2. The van der Waals surface area contributed by atoms with Crippen LogP contribution in [0.3, 0.4) is 0 Å². The summed E-state index contributed by atoms with van der Waals surface area (Å²) < 4.78 is 4.98. The largest absolute Gasteiger partial charge is 0.425 e. The molecule has 0 fully saturated rings. The maximum Gasteiger partial charge on any atom is 0.329 e. The topological polar surface area (TPSA) is 69.4 Å². The molecule has 0 aromatic heterocycles. The zero-order chi connectivity index (χ0) is 12.8. The number of hydrogen-bond donors (Lipinski definition) is 2. The summed E-state index contributed by atoms with van der Waals surface area (Å²) in [4.78, 5) is 22.6. The van der Waals surface area contributed by atoms with Crippen molar-refractivity contribution in [1.29, 1.82) is 0 Å². The van der Waals surface area contributed by atoms with Crippen molar-refractivity contribution in [3.63, 3.8) is 0 Å². The molecule has 0 spiro atoms. The summed E-state index contributed by atoms with van der Waals surface area (Å²) in [6, 6.07) is 5.35. The van der Waals surface area contributed by atoms with Crippen molar-refractivity contribution in [2.45, 2.75) is 6.04 Å². The molecule has 92 valence electrons. The summed E-state index contributed by atoms with van der Waals surface area (Å²) in [5.41, 5.74) is 5.91. The van der Waals surface area contributed by atoms with Gasteiger partial charge in [-0.1, -0.05) is 0 Å². The zero-order valence-electron chi connectivity index (χ0n) is 8.93. The van der Waals surface area contributed by atoms with Crippen LogP contribution < -0.4 is 10.5 Å². The van der Waals surface area contributed by atoms with Crippen LogP contribution in [0.15, 0.2) is 24.3 Å². The van der Waals surface area contributed by atoms with Crippen LogP contribution in [0.1, 0.15) is 10.4 Å². The SMILES string of the molecule is N[C@@H](CS)C(=O)Oc1ccc(C(=O)CCl)cc1. The molecule has 0 aliphatic heterocycles. The molecule has 1 aromatic rings. The standard InChI is InChI=1S/C11H12ClNO3S/c12-5-10(14)7-1-3-8(4-2-7)16-11(15)9(13)6-17/h1-4,9,17H,5-6,13H2/t9-/m0/s1. The Morgan fingerprint density at radius 1 is 1.35 bits per heavy atom. The van der Waals surface area contributed by atoms with E-state index in [0.29, 0.717) is 11.3 Å². The van der Waals surface area contributed by atoms with Crippen molar-refractivity contribution in [1.82, 2.24) is 0 Å². The Labute approximate surface area is 109 Å². The molecule has 4 nitrogen and oxygen atoms in total. The summed E-state index contributed by atoms with van der Waals surface area (Å²) in [6.45, 7) is 0. The average molecular weight is 274 g/mol. The predicted molar refractivity (Wildman–Crippen MR) is 69.0 cm³/mol. The molecule has 0 amide bonds. The molecular formula is C11H12ClNO3S. The number of thiol groups is 1. The minimum atomic E-state index is -0.762. The molecule has 0 heterocycles. The van der Waals surface area contributed by atoms with Crippen molar-refractivity contribution >= 4 is 36.0 Å². The van der Waals surface area contributed by atoms with E-state index in [9.17, 15) is 9.59 Å². The van der Waals surface area contributed by atoms with Crippen LogP contribution in [-0.4, -0.2) is 29.4 Å². The summed E-state index contributed by atoms with van der Waals surface area (Å²) in [7, 11) is 0. The molecular weight excluding hydrogens is 262 g/mol. The van der Waals surface area contributed by atoms with E-state index in [1.165, 1.54) is 12.1 Å². The van der Waals surface area contributed by atoms with Crippen LogP contribution in [0.25, 0.3) is 0 Å². The van der Waals surface area contributed by atoms with Gasteiger partial charge >= 0.3 is 5.97 Å². The van der Waals surface area contributed by atoms with Crippen LogP contribution in [0.4, 0.5) is 0 Å². The van der Waals surface area contributed by atoms with Gasteiger partial charge in [-0.15, -0.1) is 11.6 Å². The number of hydrogen-bond acceptors (Lipinski definition) is 5. The number of carbonyl (C=O) groups is 2. The summed E-state index contributed by atoms with van der Waals surface area (Å²) in [5, 5.41) is 0. The smallest absolute Gasteiger partial charge is 0.329 e. The fourth-order valence-corrected chi connectivity index (χ4v) is 1.36. The van der Waals surface area contributed by atoms with Gasteiger partial charge in [-0.25, -0.2) is 4.79 Å². The van der Waals surface area contributed by atoms with Crippen molar-refractivity contribution in [3.05, 3.63) is 29.8 Å². The van der Waals surface area contributed by atoms with Crippen LogP contribution in [0.5, 0.6) is 5.75 Å². The molecule has 1 aromatic carbocycles. The number of ketones is 1. The molecule has 6 heteroatoms. The van der Waals surface area contributed by atoms with Gasteiger partial charge in [-0.3, -0.25) is 4.79 Å². The van der Waals surface area contributed by atoms with E-state index in [1.807, 2.05) is 0 Å². The number of halogens is 1. The molecule has 0 saturated carbocycles. The van der Waals surface area contributed by atoms with E-state index in [-0.39, 0.29) is 17.4 Å². The number of Topliss-reactive ketones (excluding diaryl/α,β-unsaturated/α-hetero) is 1. The van der Waals surface area contributed by atoms with E-state index in [0.717, 1.165) is 0 Å². The molecule has 0 unspecified atom stereocenters. The number of benzene rings is 1. The van der Waals surface area contributed by atoms with Gasteiger partial charge in [0.2, 0.25) is 0 Å². The van der Waals surface area contributed by atoms with Gasteiger partial charge in [-0.05, 0) is 24.3 Å². The lowest BCUT2D eigenvalue weighted by molar-refractivity contribution is -0.135. The van der Waals surface area contributed by atoms with Crippen molar-refractivity contribution in [2.24, 2.45) is 5.73 Å². The minimum absolute atomic E-state index is 0.0797. The molecule has 0 bridgehead atoms. The van der Waals surface area contributed by atoms with Gasteiger partial charge in [0.15, 0.2) is 5.78 Å². The molecule has 0 aliphatic carbocycles. The highest BCUT2D eigenvalue weighted by molar-refractivity contribution is 7.80. The lowest BCUT2D eigenvalue weighted by Crippen LogP contribution is -2.35. The fraction of sp³-hybridized carbons (Fsp3) is 0.273. The summed E-state index contributed by atoms with van der Waals surface area (Å²) >= 11 is 9.30. The second-order valence-corrected chi connectivity index (χ2v) is 3.92. The molecule has 0 saturated heterocycles. The Balaban J connectivity index is 2.69. The van der Waals surface area contributed by atoms with Crippen molar-refractivity contribution in [2.75, 3.05) is 11.6 Å². The van der Waals surface area contributed by atoms with Gasteiger partial charge in [0.1, 0.15) is 11.8 Å². The van der Waals surface area contributed by atoms with Gasteiger partial charge in [0.05, 0.1) is 5.88 Å². The zero-order valence-corrected chi connectivity index (χ0v) is 10.6. The van der Waals surface area contributed by atoms with Crippen LogP contribution in [0.2, 0.25) is 0 Å². The molecule has 0 radical (unpaired) electrons. The molecule has 2 N–H and O–H groups in total. The first kappa shape index (κ1) is 14.0. The van der Waals surface area contributed by atoms with Crippen LogP contribution in [-0.2, 0) is 4.79 Å². The molecule has 0 aliphatic rings. The number of alkyl halides is 1. The van der Waals surface area contributed by atoms with Crippen LogP contribution in [0, 0.1) is 0 Å². The highest BCUT2D eigenvalue weighted by atomic mass is 35.5. The Morgan fingerprint density at radius 3 is 2.41 bits per heavy atom. The summed E-state index contributed by atoms with van der Waals surface area (Å²) in [5.74, 6) is -0.280.